The number of oxime groups is 1. The lowest BCUT2D eigenvalue weighted by Gasteiger charge is -2.16. The Balaban J connectivity index is 2.51. The lowest BCUT2D eigenvalue weighted by Crippen LogP contribution is -2.26. The minimum Gasteiger partial charge on any atom is -0.394 e. The van der Waals surface area contributed by atoms with Crippen LogP contribution in [0.4, 0.5) is 13.2 Å². The summed E-state index contributed by atoms with van der Waals surface area (Å²) in [5.41, 5.74) is 0.586. The summed E-state index contributed by atoms with van der Waals surface area (Å²) < 4.78 is 37.9. The fraction of sp³-hybridized carbons (Fsp3) is 0.562. The molecule has 0 aliphatic rings. The van der Waals surface area contributed by atoms with Crippen molar-refractivity contribution in [2.45, 2.75) is 33.4 Å². The van der Waals surface area contributed by atoms with Gasteiger partial charge in [-0.15, -0.1) is 0 Å². The third-order valence-corrected chi connectivity index (χ3v) is 3.33. The molecular formula is C16H23F3N2O. The average Bonchev–Trinajstić information content (AvgIpc) is 2.47. The Kier molecular flexibility index (Phi) is 7.38. The van der Waals surface area contributed by atoms with Gasteiger partial charge in [-0.05, 0) is 31.6 Å². The first-order valence-electron chi connectivity index (χ1n) is 7.40. The zero-order valence-electron chi connectivity index (χ0n) is 13.3. The number of hydrogen-bond acceptors (Lipinski definition) is 3. The number of benzene rings is 1. The highest BCUT2D eigenvalue weighted by molar-refractivity contribution is 5.83. The molecule has 0 bridgehead atoms. The summed E-state index contributed by atoms with van der Waals surface area (Å²) in [5, 5.41) is 3.96. The maximum atomic E-state index is 12.6. The van der Waals surface area contributed by atoms with E-state index in [1.54, 1.807) is 13.0 Å². The molecule has 0 aromatic heterocycles. The SMILES string of the molecule is CCN(CC)CCON=C(C)Cc1cccc(C(F)(F)F)c1. The predicted octanol–water partition coefficient (Wildman–Crippen LogP) is 3.98. The molecule has 0 saturated carbocycles. The zero-order chi connectivity index (χ0) is 16.6. The van der Waals surface area contributed by atoms with Crippen molar-refractivity contribution in [3.63, 3.8) is 0 Å². The summed E-state index contributed by atoms with van der Waals surface area (Å²) in [6.45, 7) is 9.06. The highest BCUT2D eigenvalue weighted by Gasteiger charge is 2.30. The van der Waals surface area contributed by atoms with E-state index in [1.807, 2.05) is 0 Å². The lowest BCUT2D eigenvalue weighted by atomic mass is 10.1. The van der Waals surface area contributed by atoms with Gasteiger partial charge in [0, 0.05) is 13.0 Å². The van der Waals surface area contributed by atoms with Gasteiger partial charge in [-0.2, -0.15) is 13.2 Å². The van der Waals surface area contributed by atoms with Gasteiger partial charge in [0.05, 0.1) is 11.3 Å². The van der Waals surface area contributed by atoms with Crippen LogP contribution in [0, 0.1) is 0 Å². The quantitative estimate of drug-likeness (QED) is 0.412. The smallest absolute Gasteiger partial charge is 0.394 e. The highest BCUT2D eigenvalue weighted by Crippen LogP contribution is 2.29. The molecule has 3 nitrogen and oxygen atoms in total. The molecule has 1 aromatic carbocycles. The Morgan fingerprint density at radius 2 is 1.91 bits per heavy atom. The summed E-state index contributed by atoms with van der Waals surface area (Å²) in [7, 11) is 0. The van der Waals surface area contributed by atoms with E-state index in [0.29, 0.717) is 24.3 Å². The van der Waals surface area contributed by atoms with E-state index in [9.17, 15) is 13.2 Å². The largest absolute Gasteiger partial charge is 0.416 e. The molecule has 0 heterocycles. The number of likely N-dealkylation sites (N-methyl/N-ethyl adjacent to an activating group) is 1. The van der Waals surface area contributed by atoms with Gasteiger partial charge in [0.15, 0.2) is 0 Å². The van der Waals surface area contributed by atoms with Crippen molar-refractivity contribution in [1.29, 1.82) is 0 Å². The van der Waals surface area contributed by atoms with E-state index >= 15 is 0 Å². The second kappa shape index (κ2) is 8.78. The van der Waals surface area contributed by atoms with Crippen molar-refractivity contribution in [2.75, 3.05) is 26.2 Å². The van der Waals surface area contributed by atoms with Gasteiger partial charge in [0.1, 0.15) is 6.61 Å². The Hall–Kier alpha value is -1.56. The number of halogens is 3. The Bertz CT molecular complexity index is 483. The molecule has 22 heavy (non-hydrogen) atoms. The minimum absolute atomic E-state index is 0.342. The van der Waals surface area contributed by atoms with Gasteiger partial charge >= 0.3 is 6.18 Å². The molecule has 1 rings (SSSR count). The molecule has 0 fully saturated rings. The Labute approximate surface area is 129 Å². The summed E-state index contributed by atoms with van der Waals surface area (Å²) >= 11 is 0. The van der Waals surface area contributed by atoms with Gasteiger partial charge in [0.2, 0.25) is 0 Å². The van der Waals surface area contributed by atoms with Gasteiger partial charge in [-0.3, -0.25) is 0 Å². The lowest BCUT2D eigenvalue weighted by molar-refractivity contribution is -0.137. The molecule has 0 amide bonds. The average molecular weight is 316 g/mol. The first-order valence-corrected chi connectivity index (χ1v) is 7.40. The van der Waals surface area contributed by atoms with Gasteiger partial charge < -0.3 is 9.74 Å². The molecule has 6 heteroatoms. The molecule has 0 aliphatic carbocycles. The fourth-order valence-electron chi connectivity index (χ4n) is 2.05. The minimum atomic E-state index is -4.32. The van der Waals surface area contributed by atoms with Crippen LogP contribution < -0.4 is 0 Å². The number of rotatable bonds is 8. The van der Waals surface area contributed by atoms with Crippen LogP contribution in [-0.2, 0) is 17.4 Å². The third kappa shape index (κ3) is 6.47. The van der Waals surface area contributed by atoms with Crippen LogP contribution in [-0.4, -0.2) is 36.9 Å². The molecule has 124 valence electrons. The van der Waals surface area contributed by atoms with Crippen molar-refractivity contribution >= 4 is 5.71 Å². The van der Waals surface area contributed by atoms with Gasteiger partial charge in [-0.1, -0.05) is 37.2 Å². The van der Waals surface area contributed by atoms with E-state index in [0.717, 1.165) is 31.8 Å². The van der Waals surface area contributed by atoms with Crippen molar-refractivity contribution in [3.05, 3.63) is 35.4 Å². The van der Waals surface area contributed by atoms with Crippen LogP contribution in [0.1, 0.15) is 31.9 Å². The fourth-order valence-corrected chi connectivity index (χ4v) is 2.05. The van der Waals surface area contributed by atoms with E-state index in [4.69, 9.17) is 4.84 Å². The molecule has 0 saturated heterocycles. The van der Waals surface area contributed by atoms with E-state index < -0.39 is 11.7 Å². The Morgan fingerprint density at radius 1 is 1.23 bits per heavy atom. The summed E-state index contributed by atoms with van der Waals surface area (Å²) in [4.78, 5) is 7.43. The van der Waals surface area contributed by atoms with Gasteiger partial charge in [-0.25, -0.2) is 0 Å². The maximum Gasteiger partial charge on any atom is 0.416 e. The molecule has 0 unspecified atom stereocenters. The predicted molar refractivity (Wildman–Crippen MR) is 82.0 cm³/mol. The van der Waals surface area contributed by atoms with Crippen LogP contribution in [0.2, 0.25) is 0 Å². The van der Waals surface area contributed by atoms with Crippen LogP contribution in [0.3, 0.4) is 0 Å². The molecule has 0 N–H and O–H groups in total. The first-order chi connectivity index (χ1) is 10.4. The zero-order valence-corrected chi connectivity index (χ0v) is 13.3. The topological polar surface area (TPSA) is 24.8 Å². The second-order valence-electron chi connectivity index (χ2n) is 5.06. The molecule has 0 spiro atoms. The number of hydrogen-bond donors (Lipinski definition) is 0. The molecular weight excluding hydrogens is 293 g/mol. The molecule has 0 aliphatic heterocycles. The van der Waals surface area contributed by atoms with Crippen molar-refractivity contribution in [1.82, 2.24) is 4.90 Å². The van der Waals surface area contributed by atoms with Crippen molar-refractivity contribution < 1.29 is 18.0 Å². The molecule has 1 aromatic rings. The summed E-state index contributed by atoms with van der Waals surface area (Å²) in [6, 6.07) is 5.28. The number of nitrogens with zero attached hydrogens (tertiary/aromatic N) is 2. The van der Waals surface area contributed by atoms with Gasteiger partial charge in [0.25, 0.3) is 0 Å². The standard InChI is InChI=1S/C16H23F3N2O/c1-4-21(5-2)9-10-22-20-13(3)11-14-7-6-8-15(12-14)16(17,18)19/h6-8,12H,4-5,9-11H2,1-3H3. The molecule has 0 atom stereocenters. The van der Waals surface area contributed by atoms with E-state index in [1.165, 1.54) is 6.07 Å². The normalized spacial score (nSPS) is 12.8. The van der Waals surface area contributed by atoms with Crippen LogP contribution in [0.15, 0.2) is 29.4 Å². The van der Waals surface area contributed by atoms with Crippen LogP contribution in [0.5, 0.6) is 0 Å². The van der Waals surface area contributed by atoms with Crippen LogP contribution in [0.25, 0.3) is 0 Å². The summed E-state index contributed by atoms with van der Waals surface area (Å²) in [5.74, 6) is 0. The van der Waals surface area contributed by atoms with Crippen LogP contribution >= 0.6 is 0 Å². The Morgan fingerprint density at radius 3 is 2.50 bits per heavy atom. The second-order valence-corrected chi connectivity index (χ2v) is 5.06. The summed E-state index contributed by atoms with van der Waals surface area (Å²) in [6.07, 6.45) is -3.98. The first kappa shape index (κ1) is 18.5. The number of alkyl halides is 3. The van der Waals surface area contributed by atoms with E-state index in [-0.39, 0.29) is 0 Å². The maximum absolute atomic E-state index is 12.6. The van der Waals surface area contributed by atoms with Crippen molar-refractivity contribution in [2.24, 2.45) is 5.16 Å². The monoisotopic (exact) mass is 316 g/mol. The third-order valence-electron chi connectivity index (χ3n) is 3.33. The molecule has 0 radical (unpaired) electrons. The van der Waals surface area contributed by atoms with Crippen molar-refractivity contribution in [3.8, 4) is 0 Å². The highest BCUT2D eigenvalue weighted by atomic mass is 19.4. The van der Waals surface area contributed by atoms with E-state index in [2.05, 4.69) is 23.9 Å².